The lowest BCUT2D eigenvalue weighted by molar-refractivity contribution is -0.141. The zero-order chi connectivity index (χ0) is 20.4. The standard InChI is InChI=1S/C21H26ClNO5/c22-17-6-3-5-16(13-17)14-19(24)10-9-18-7-4-8-20(25)23(18)11-1-2-12-28-15-21(26)27/h3,5-6,13,18-19,24H,4,7-12,14-15H2,(H,26,27)/t18?,19-/m1/s1. The summed E-state index contributed by atoms with van der Waals surface area (Å²) in [5.74, 6) is 4.66. The van der Waals surface area contributed by atoms with Gasteiger partial charge in [0.25, 0.3) is 0 Å². The van der Waals surface area contributed by atoms with Gasteiger partial charge in [-0.2, -0.15) is 0 Å². The molecule has 1 unspecified atom stereocenters. The molecule has 1 aliphatic heterocycles. The van der Waals surface area contributed by atoms with Crippen molar-refractivity contribution < 1.29 is 24.5 Å². The minimum Gasteiger partial charge on any atom is -0.480 e. The van der Waals surface area contributed by atoms with Gasteiger partial charge < -0.3 is 19.8 Å². The van der Waals surface area contributed by atoms with Crippen molar-refractivity contribution in [3.05, 3.63) is 34.9 Å². The third kappa shape index (κ3) is 7.89. The van der Waals surface area contributed by atoms with Crippen molar-refractivity contribution in [3.8, 4) is 11.8 Å². The van der Waals surface area contributed by atoms with Crippen LogP contribution in [0, 0.1) is 11.8 Å². The molecule has 1 saturated heterocycles. The molecule has 7 heteroatoms. The Morgan fingerprint density at radius 3 is 2.96 bits per heavy atom. The fraction of sp³-hybridized carbons (Fsp3) is 0.524. The van der Waals surface area contributed by atoms with Crippen molar-refractivity contribution in [1.29, 1.82) is 0 Å². The SMILES string of the molecule is O=C(O)COCC#CCN1C(=O)CCCC1CC[C@@H](O)Cc1cccc(Cl)c1. The topological polar surface area (TPSA) is 87.1 Å². The van der Waals surface area contributed by atoms with Crippen LogP contribution in [0.3, 0.4) is 0 Å². The number of aliphatic carboxylic acids is 1. The van der Waals surface area contributed by atoms with E-state index < -0.39 is 12.1 Å². The van der Waals surface area contributed by atoms with E-state index in [0.717, 1.165) is 18.4 Å². The van der Waals surface area contributed by atoms with Gasteiger partial charge in [0.15, 0.2) is 0 Å². The first kappa shape index (κ1) is 22.2. The van der Waals surface area contributed by atoms with Gasteiger partial charge in [0.2, 0.25) is 5.91 Å². The van der Waals surface area contributed by atoms with Crippen molar-refractivity contribution in [2.75, 3.05) is 19.8 Å². The van der Waals surface area contributed by atoms with E-state index in [4.69, 9.17) is 21.4 Å². The Morgan fingerprint density at radius 1 is 1.39 bits per heavy atom. The van der Waals surface area contributed by atoms with Gasteiger partial charge >= 0.3 is 5.97 Å². The first-order chi connectivity index (χ1) is 13.5. The molecule has 2 atom stereocenters. The quantitative estimate of drug-likeness (QED) is 0.485. The average Bonchev–Trinajstić information content (AvgIpc) is 2.64. The number of likely N-dealkylation sites (tertiary alicyclic amines) is 1. The summed E-state index contributed by atoms with van der Waals surface area (Å²) in [6.07, 6.45) is 3.60. The number of hydrogen-bond donors (Lipinski definition) is 2. The number of rotatable bonds is 9. The van der Waals surface area contributed by atoms with Crippen LogP contribution in [0.2, 0.25) is 5.02 Å². The van der Waals surface area contributed by atoms with Crippen LogP contribution in [-0.4, -0.2) is 58.9 Å². The minimum atomic E-state index is -1.04. The fourth-order valence-corrected chi connectivity index (χ4v) is 3.53. The highest BCUT2D eigenvalue weighted by Gasteiger charge is 2.27. The normalized spacial score (nSPS) is 17.7. The predicted molar refractivity (Wildman–Crippen MR) is 106 cm³/mol. The predicted octanol–water partition coefficient (Wildman–Crippen LogP) is 2.51. The second-order valence-corrected chi connectivity index (χ2v) is 7.31. The van der Waals surface area contributed by atoms with Gasteiger partial charge in [-0.15, -0.1) is 0 Å². The second-order valence-electron chi connectivity index (χ2n) is 6.87. The third-order valence-electron chi connectivity index (χ3n) is 4.66. The largest absolute Gasteiger partial charge is 0.480 e. The highest BCUT2D eigenvalue weighted by molar-refractivity contribution is 6.30. The first-order valence-corrected chi connectivity index (χ1v) is 9.80. The second kappa shape index (κ2) is 11.7. The summed E-state index contributed by atoms with van der Waals surface area (Å²) < 4.78 is 4.86. The van der Waals surface area contributed by atoms with Crippen LogP contribution in [0.5, 0.6) is 0 Å². The lowest BCUT2D eigenvalue weighted by atomic mass is 9.94. The number of amides is 1. The maximum atomic E-state index is 12.3. The molecule has 0 radical (unpaired) electrons. The maximum Gasteiger partial charge on any atom is 0.329 e. The summed E-state index contributed by atoms with van der Waals surface area (Å²) >= 11 is 5.98. The number of aliphatic hydroxyl groups is 1. The molecule has 0 bridgehead atoms. The molecule has 1 aromatic rings. The Labute approximate surface area is 170 Å². The van der Waals surface area contributed by atoms with Gasteiger partial charge in [0, 0.05) is 17.5 Å². The van der Waals surface area contributed by atoms with Crippen LogP contribution in [0.25, 0.3) is 0 Å². The number of nitrogens with zero attached hydrogens (tertiary/aromatic N) is 1. The molecule has 2 rings (SSSR count). The van der Waals surface area contributed by atoms with Crippen LogP contribution in [0.15, 0.2) is 24.3 Å². The van der Waals surface area contributed by atoms with Gasteiger partial charge in [-0.05, 0) is 49.8 Å². The minimum absolute atomic E-state index is 0.0251. The van der Waals surface area contributed by atoms with E-state index in [0.29, 0.717) is 37.3 Å². The molecule has 0 aromatic heterocycles. The Hall–Kier alpha value is -2.07. The lowest BCUT2D eigenvalue weighted by Crippen LogP contribution is -2.44. The Balaban J connectivity index is 1.81. The molecule has 0 aliphatic carbocycles. The number of benzene rings is 1. The van der Waals surface area contributed by atoms with Gasteiger partial charge in [-0.3, -0.25) is 4.79 Å². The molecular weight excluding hydrogens is 382 g/mol. The van der Waals surface area contributed by atoms with E-state index in [1.165, 1.54) is 0 Å². The Morgan fingerprint density at radius 2 is 2.21 bits per heavy atom. The maximum absolute atomic E-state index is 12.3. The first-order valence-electron chi connectivity index (χ1n) is 9.43. The van der Waals surface area contributed by atoms with Crippen molar-refractivity contribution >= 4 is 23.5 Å². The zero-order valence-corrected chi connectivity index (χ0v) is 16.5. The smallest absolute Gasteiger partial charge is 0.329 e. The van der Waals surface area contributed by atoms with Gasteiger partial charge in [-0.25, -0.2) is 4.79 Å². The van der Waals surface area contributed by atoms with Crippen molar-refractivity contribution in [3.63, 3.8) is 0 Å². The summed E-state index contributed by atoms with van der Waals surface area (Å²) in [5.41, 5.74) is 0.990. The molecule has 1 aromatic carbocycles. The molecule has 2 N–H and O–H groups in total. The van der Waals surface area contributed by atoms with E-state index in [2.05, 4.69) is 11.8 Å². The number of carbonyl (C=O) groups excluding carboxylic acids is 1. The summed E-state index contributed by atoms with van der Waals surface area (Å²) in [7, 11) is 0. The van der Waals surface area contributed by atoms with Crippen LogP contribution in [0.1, 0.15) is 37.7 Å². The number of carboxylic acid groups (broad SMARTS) is 1. The van der Waals surface area contributed by atoms with E-state index >= 15 is 0 Å². The summed E-state index contributed by atoms with van der Waals surface area (Å²) in [6, 6.07) is 7.52. The highest BCUT2D eigenvalue weighted by atomic mass is 35.5. The van der Waals surface area contributed by atoms with Crippen LogP contribution < -0.4 is 0 Å². The van der Waals surface area contributed by atoms with Crippen molar-refractivity contribution in [2.45, 2.75) is 50.7 Å². The molecule has 1 fully saturated rings. The molecule has 0 saturated carbocycles. The number of hydrogen-bond acceptors (Lipinski definition) is 4. The van der Waals surface area contributed by atoms with Crippen molar-refractivity contribution in [2.24, 2.45) is 0 Å². The number of piperidine rings is 1. The monoisotopic (exact) mass is 407 g/mol. The molecule has 0 spiro atoms. The van der Waals surface area contributed by atoms with E-state index in [1.807, 2.05) is 18.2 Å². The van der Waals surface area contributed by atoms with E-state index in [9.17, 15) is 14.7 Å². The molecule has 6 nitrogen and oxygen atoms in total. The molecule has 28 heavy (non-hydrogen) atoms. The number of carboxylic acids is 1. The number of halogens is 1. The van der Waals surface area contributed by atoms with Crippen molar-refractivity contribution in [1.82, 2.24) is 4.90 Å². The molecule has 1 heterocycles. The zero-order valence-electron chi connectivity index (χ0n) is 15.8. The molecule has 1 amide bonds. The fourth-order valence-electron chi connectivity index (χ4n) is 3.31. The summed E-state index contributed by atoms with van der Waals surface area (Å²) in [6.45, 7) is -0.0634. The molecule has 152 valence electrons. The number of ether oxygens (including phenoxy) is 1. The lowest BCUT2D eigenvalue weighted by Gasteiger charge is -2.35. The average molecular weight is 408 g/mol. The number of carbonyl (C=O) groups is 2. The van der Waals surface area contributed by atoms with Crippen LogP contribution in [-0.2, 0) is 20.7 Å². The van der Waals surface area contributed by atoms with Crippen LogP contribution in [0.4, 0.5) is 0 Å². The van der Waals surface area contributed by atoms with Crippen LogP contribution >= 0.6 is 11.6 Å². The molecular formula is C21H26ClNO5. The summed E-state index contributed by atoms with van der Waals surface area (Å²) in [5, 5.41) is 19.5. The number of aliphatic hydroxyl groups excluding tert-OH is 1. The Bertz CT molecular complexity index is 727. The molecule has 1 aliphatic rings. The summed E-state index contributed by atoms with van der Waals surface area (Å²) in [4.78, 5) is 24.4. The Kier molecular flexibility index (Phi) is 9.29. The van der Waals surface area contributed by atoms with E-state index in [-0.39, 0.29) is 25.2 Å². The van der Waals surface area contributed by atoms with Gasteiger partial charge in [0.1, 0.15) is 13.2 Å². The third-order valence-corrected chi connectivity index (χ3v) is 4.89. The highest BCUT2D eigenvalue weighted by Crippen LogP contribution is 2.23. The van der Waals surface area contributed by atoms with Gasteiger partial charge in [-0.1, -0.05) is 35.6 Å². The van der Waals surface area contributed by atoms with E-state index in [1.54, 1.807) is 11.0 Å². The van der Waals surface area contributed by atoms with Gasteiger partial charge in [0.05, 0.1) is 12.6 Å².